The quantitative estimate of drug-likeness (QED) is 0.773. The fourth-order valence-electron chi connectivity index (χ4n) is 2.64. The number of hydrogen-bond donors (Lipinski definition) is 1. The molecule has 2 saturated heterocycles. The minimum Gasteiger partial charge on any atom is -0.481 e. The van der Waals surface area contributed by atoms with Gasteiger partial charge in [-0.15, -0.1) is 0 Å². The van der Waals surface area contributed by atoms with Gasteiger partial charge < -0.3 is 14.9 Å². The van der Waals surface area contributed by atoms with Crippen molar-refractivity contribution < 1.29 is 14.7 Å². The maximum Gasteiger partial charge on any atom is 0.320 e. The molecule has 5 heteroatoms. The van der Waals surface area contributed by atoms with E-state index in [2.05, 4.69) is 13.8 Å². The van der Waals surface area contributed by atoms with Crippen molar-refractivity contribution in [2.24, 2.45) is 11.3 Å². The molecule has 1 atom stereocenters. The summed E-state index contributed by atoms with van der Waals surface area (Å²) >= 11 is 0. The lowest BCUT2D eigenvalue weighted by Gasteiger charge is -2.38. The highest BCUT2D eigenvalue weighted by Crippen LogP contribution is 2.30. The topological polar surface area (TPSA) is 60.9 Å². The Bertz CT molecular complexity index is 344. The monoisotopic (exact) mass is 254 g/mol. The highest BCUT2D eigenvalue weighted by Gasteiger charge is 2.35. The number of carbonyl (C=O) groups excluding carboxylic acids is 1. The number of nitrogens with zero attached hydrogens (tertiary/aromatic N) is 2. The van der Waals surface area contributed by atoms with Crippen molar-refractivity contribution >= 4 is 12.0 Å². The first-order valence-corrected chi connectivity index (χ1v) is 6.66. The molecule has 5 nitrogen and oxygen atoms in total. The van der Waals surface area contributed by atoms with Crippen LogP contribution >= 0.6 is 0 Å². The summed E-state index contributed by atoms with van der Waals surface area (Å²) < 4.78 is 0. The average molecular weight is 254 g/mol. The van der Waals surface area contributed by atoms with Gasteiger partial charge in [-0.05, 0) is 24.7 Å². The van der Waals surface area contributed by atoms with Crippen molar-refractivity contribution in [2.75, 3.05) is 26.2 Å². The van der Waals surface area contributed by atoms with Gasteiger partial charge in [-0.1, -0.05) is 13.8 Å². The van der Waals surface area contributed by atoms with E-state index in [1.54, 1.807) is 4.90 Å². The van der Waals surface area contributed by atoms with Crippen LogP contribution in [-0.4, -0.2) is 53.1 Å². The highest BCUT2D eigenvalue weighted by atomic mass is 16.4. The van der Waals surface area contributed by atoms with Crippen LogP contribution in [0.4, 0.5) is 4.79 Å². The summed E-state index contributed by atoms with van der Waals surface area (Å²) in [6.07, 6.45) is 2.63. The maximum absolute atomic E-state index is 12.2. The molecule has 1 N–H and O–H groups in total. The molecule has 2 amide bonds. The Morgan fingerprint density at radius 3 is 2.22 bits per heavy atom. The zero-order valence-corrected chi connectivity index (χ0v) is 11.2. The molecule has 0 bridgehead atoms. The fourth-order valence-corrected chi connectivity index (χ4v) is 2.64. The van der Waals surface area contributed by atoms with Gasteiger partial charge in [-0.2, -0.15) is 0 Å². The second kappa shape index (κ2) is 4.78. The molecule has 0 aromatic carbocycles. The Hall–Kier alpha value is -1.26. The molecule has 0 aromatic rings. The second-order valence-electron chi connectivity index (χ2n) is 6.20. The molecular formula is C13H22N2O3. The van der Waals surface area contributed by atoms with E-state index in [1.807, 2.05) is 4.90 Å². The van der Waals surface area contributed by atoms with Gasteiger partial charge >= 0.3 is 12.0 Å². The van der Waals surface area contributed by atoms with Gasteiger partial charge in [0.05, 0.1) is 5.92 Å². The van der Waals surface area contributed by atoms with Gasteiger partial charge in [0, 0.05) is 26.2 Å². The van der Waals surface area contributed by atoms with Crippen molar-refractivity contribution in [3.63, 3.8) is 0 Å². The van der Waals surface area contributed by atoms with Gasteiger partial charge in [0.15, 0.2) is 0 Å². The van der Waals surface area contributed by atoms with E-state index in [4.69, 9.17) is 5.11 Å². The summed E-state index contributed by atoms with van der Waals surface area (Å²) in [6.45, 7) is 6.99. The second-order valence-corrected chi connectivity index (χ2v) is 6.20. The number of carboxylic acids is 1. The van der Waals surface area contributed by atoms with E-state index in [0.717, 1.165) is 25.9 Å². The van der Waals surface area contributed by atoms with Crippen LogP contribution in [0.2, 0.25) is 0 Å². The smallest absolute Gasteiger partial charge is 0.320 e. The number of rotatable bonds is 1. The summed E-state index contributed by atoms with van der Waals surface area (Å²) in [5, 5.41) is 8.94. The highest BCUT2D eigenvalue weighted by molar-refractivity contribution is 5.77. The molecule has 2 rings (SSSR count). The van der Waals surface area contributed by atoms with Gasteiger partial charge in [0.1, 0.15) is 0 Å². The first kappa shape index (κ1) is 13.2. The number of amides is 2. The van der Waals surface area contributed by atoms with Crippen molar-refractivity contribution in [3.05, 3.63) is 0 Å². The molecule has 0 radical (unpaired) electrons. The van der Waals surface area contributed by atoms with Crippen LogP contribution in [0.25, 0.3) is 0 Å². The number of urea groups is 1. The molecule has 2 aliphatic rings. The number of aliphatic carboxylic acids is 1. The van der Waals surface area contributed by atoms with Crippen molar-refractivity contribution in [1.29, 1.82) is 0 Å². The van der Waals surface area contributed by atoms with Gasteiger partial charge in [-0.3, -0.25) is 4.79 Å². The Morgan fingerprint density at radius 1 is 1.11 bits per heavy atom. The summed E-state index contributed by atoms with van der Waals surface area (Å²) in [5.41, 5.74) is 0.325. The first-order chi connectivity index (χ1) is 8.39. The molecule has 0 aliphatic carbocycles. The number of carbonyl (C=O) groups is 2. The molecule has 2 aliphatic heterocycles. The lowest BCUT2D eigenvalue weighted by atomic mass is 9.83. The van der Waals surface area contributed by atoms with Gasteiger partial charge in [0.25, 0.3) is 0 Å². The van der Waals surface area contributed by atoms with Crippen LogP contribution in [-0.2, 0) is 4.79 Å². The molecule has 2 fully saturated rings. The Balaban J connectivity index is 1.88. The van der Waals surface area contributed by atoms with Crippen LogP contribution in [0.1, 0.15) is 33.1 Å². The van der Waals surface area contributed by atoms with Gasteiger partial charge in [-0.25, -0.2) is 4.79 Å². The summed E-state index contributed by atoms with van der Waals surface area (Å²) in [7, 11) is 0. The maximum atomic E-state index is 12.2. The average Bonchev–Trinajstić information content (AvgIpc) is 2.77. The minimum atomic E-state index is -0.787. The largest absolute Gasteiger partial charge is 0.481 e. The zero-order valence-electron chi connectivity index (χ0n) is 11.2. The van der Waals surface area contributed by atoms with Crippen LogP contribution < -0.4 is 0 Å². The molecule has 0 saturated carbocycles. The number of piperidine rings is 1. The number of carboxylic acid groups (broad SMARTS) is 1. The van der Waals surface area contributed by atoms with Crippen LogP contribution in [0.3, 0.4) is 0 Å². The molecule has 1 unspecified atom stereocenters. The third-order valence-corrected chi connectivity index (χ3v) is 4.20. The third-order valence-electron chi connectivity index (χ3n) is 4.20. The van der Waals surface area contributed by atoms with Crippen molar-refractivity contribution in [1.82, 2.24) is 9.80 Å². The van der Waals surface area contributed by atoms with Crippen LogP contribution in [0.5, 0.6) is 0 Å². The Morgan fingerprint density at radius 2 is 1.72 bits per heavy atom. The van der Waals surface area contributed by atoms with E-state index < -0.39 is 5.97 Å². The van der Waals surface area contributed by atoms with Crippen molar-refractivity contribution in [2.45, 2.75) is 33.1 Å². The van der Waals surface area contributed by atoms with E-state index in [-0.39, 0.29) is 11.9 Å². The van der Waals surface area contributed by atoms with Gasteiger partial charge in [0.2, 0.25) is 0 Å². The van der Waals surface area contributed by atoms with E-state index in [9.17, 15) is 9.59 Å². The molecule has 0 spiro atoms. The van der Waals surface area contributed by atoms with E-state index in [0.29, 0.717) is 24.9 Å². The van der Waals surface area contributed by atoms with Crippen LogP contribution in [0, 0.1) is 11.3 Å². The molecule has 2 heterocycles. The molecule has 102 valence electrons. The SMILES string of the molecule is CC1(C)CCN(C(=O)N2CCC(C(=O)O)C2)CC1. The Kier molecular flexibility index (Phi) is 3.50. The summed E-state index contributed by atoms with van der Waals surface area (Å²) in [4.78, 5) is 26.7. The van der Waals surface area contributed by atoms with Crippen LogP contribution in [0.15, 0.2) is 0 Å². The molecule has 0 aromatic heterocycles. The minimum absolute atomic E-state index is 0.0225. The predicted octanol–water partition coefficient (Wildman–Crippen LogP) is 1.63. The fraction of sp³-hybridized carbons (Fsp3) is 0.846. The first-order valence-electron chi connectivity index (χ1n) is 6.66. The lowest BCUT2D eigenvalue weighted by Crippen LogP contribution is -2.47. The van der Waals surface area contributed by atoms with E-state index >= 15 is 0 Å². The summed E-state index contributed by atoms with van der Waals surface area (Å²) in [5.74, 6) is -1.17. The Labute approximate surface area is 108 Å². The zero-order chi connectivity index (χ0) is 13.3. The molecular weight excluding hydrogens is 232 g/mol. The summed E-state index contributed by atoms with van der Waals surface area (Å²) in [6, 6.07) is 0.0225. The number of hydrogen-bond acceptors (Lipinski definition) is 2. The molecule has 18 heavy (non-hydrogen) atoms. The lowest BCUT2D eigenvalue weighted by molar-refractivity contribution is -0.141. The third kappa shape index (κ3) is 2.76. The van der Waals surface area contributed by atoms with Crippen molar-refractivity contribution in [3.8, 4) is 0 Å². The van der Waals surface area contributed by atoms with E-state index in [1.165, 1.54) is 0 Å². The standard InChI is InChI=1S/C13H22N2O3/c1-13(2)4-7-14(8-5-13)12(18)15-6-3-10(9-15)11(16)17/h10H,3-9H2,1-2H3,(H,16,17). The number of likely N-dealkylation sites (tertiary alicyclic amines) is 2. The normalized spacial score (nSPS) is 27.3. The predicted molar refractivity (Wildman–Crippen MR) is 67.3 cm³/mol.